The van der Waals surface area contributed by atoms with Gasteiger partial charge in [-0.15, -0.1) is 0 Å². The molecular weight excluding hydrogens is 228 g/mol. The van der Waals surface area contributed by atoms with Gasteiger partial charge in [0.15, 0.2) is 0 Å². The summed E-state index contributed by atoms with van der Waals surface area (Å²) in [5.41, 5.74) is 0. The van der Waals surface area contributed by atoms with Crippen LogP contribution in [0.4, 0.5) is 0 Å². The van der Waals surface area contributed by atoms with Crippen LogP contribution in [0, 0.1) is 0 Å². The van der Waals surface area contributed by atoms with Crippen LogP contribution in [0.3, 0.4) is 0 Å². The summed E-state index contributed by atoms with van der Waals surface area (Å²) < 4.78 is 27.9. The second-order valence-electron chi connectivity index (χ2n) is 4.39. The molecule has 0 saturated carbocycles. The number of nitrogens with one attached hydrogen (secondary N) is 1. The van der Waals surface area contributed by atoms with Gasteiger partial charge in [-0.05, 0) is 32.6 Å². The molecule has 0 aromatic rings. The second kappa shape index (κ2) is 5.95. The molecule has 1 rings (SSSR count). The van der Waals surface area contributed by atoms with E-state index in [1.54, 1.807) is 6.92 Å². The van der Waals surface area contributed by atoms with Crippen molar-refractivity contribution < 1.29 is 13.5 Å². The minimum atomic E-state index is -3.34. The monoisotopic (exact) mass is 250 g/mol. The van der Waals surface area contributed by atoms with Crippen LogP contribution in [0.2, 0.25) is 0 Å². The van der Waals surface area contributed by atoms with Crippen LogP contribution in [-0.4, -0.2) is 43.1 Å². The van der Waals surface area contributed by atoms with Crippen molar-refractivity contribution in [3.05, 3.63) is 0 Å². The molecule has 0 radical (unpaired) electrons. The Morgan fingerprint density at radius 2 is 2.25 bits per heavy atom. The zero-order chi connectivity index (χ0) is 12.2. The number of rotatable bonds is 6. The van der Waals surface area contributed by atoms with Crippen LogP contribution < -0.4 is 4.72 Å². The summed E-state index contributed by atoms with van der Waals surface area (Å²) in [4.78, 5) is 0. The fourth-order valence-corrected chi connectivity index (χ4v) is 3.65. The average molecular weight is 250 g/mol. The smallest absolute Gasteiger partial charge is 0.279 e. The van der Waals surface area contributed by atoms with Gasteiger partial charge in [-0.2, -0.15) is 12.7 Å². The van der Waals surface area contributed by atoms with E-state index in [1.807, 2.05) is 6.92 Å². The zero-order valence-corrected chi connectivity index (χ0v) is 10.8. The molecule has 0 bridgehead atoms. The predicted octanol–water partition coefficient (Wildman–Crippen LogP) is 0.466. The van der Waals surface area contributed by atoms with Crippen molar-refractivity contribution in [3.8, 4) is 0 Å². The van der Waals surface area contributed by atoms with Crippen LogP contribution in [-0.2, 0) is 10.2 Å². The van der Waals surface area contributed by atoms with Crippen LogP contribution in [0.25, 0.3) is 0 Å². The van der Waals surface area contributed by atoms with E-state index in [4.69, 9.17) is 0 Å². The molecule has 0 aromatic heterocycles. The molecule has 2 atom stereocenters. The second-order valence-corrected chi connectivity index (χ2v) is 6.10. The summed E-state index contributed by atoms with van der Waals surface area (Å²) in [5, 5.41) is 9.33. The highest BCUT2D eigenvalue weighted by molar-refractivity contribution is 7.87. The molecule has 6 heteroatoms. The molecule has 1 fully saturated rings. The maximum absolute atomic E-state index is 11.9. The number of nitrogens with zero attached hydrogens (tertiary/aromatic N) is 1. The minimum absolute atomic E-state index is 0.0469. The van der Waals surface area contributed by atoms with Crippen LogP contribution >= 0.6 is 0 Å². The van der Waals surface area contributed by atoms with Gasteiger partial charge in [0.1, 0.15) is 0 Å². The fourth-order valence-electron chi connectivity index (χ4n) is 2.07. The van der Waals surface area contributed by atoms with Gasteiger partial charge >= 0.3 is 0 Å². The normalized spacial score (nSPS) is 24.8. The third-order valence-corrected chi connectivity index (χ3v) is 4.45. The van der Waals surface area contributed by atoms with E-state index in [2.05, 4.69) is 4.72 Å². The summed E-state index contributed by atoms with van der Waals surface area (Å²) in [5.74, 6) is 0. The van der Waals surface area contributed by atoms with Crippen molar-refractivity contribution in [1.82, 2.24) is 9.03 Å². The number of aliphatic hydroxyl groups is 1. The summed E-state index contributed by atoms with van der Waals surface area (Å²) in [6, 6.07) is -0.0469. The van der Waals surface area contributed by atoms with Crippen LogP contribution in [0.15, 0.2) is 0 Å². The minimum Gasteiger partial charge on any atom is -0.393 e. The standard InChI is InChI=1S/C10H22N2O3S/c1-3-6-11-16(14,15)12-7-4-5-10(12)8-9(2)13/h9-11,13H,3-8H2,1-2H3. The van der Waals surface area contributed by atoms with E-state index in [0.717, 1.165) is 19.3 Å². The molecule has 96 valence electrons. The van der Waals surface area contributed by atoms with Crippen molar-refractivity contribution in [2.75, 3.05) is 13.1 Å². The average Bonchev–Trinajstić information content (AvgIpc) is 2.62. The van der Waals surface area contributed by atoms with Crippen molar-refractivity contribution in [1.29, 1.82) is 0 Å². The molecule has 0 aromatic carbocycles. The Hall–Kier alpha value is -0.170. The topological polar surface area (TPSA) is 69.6 Å². The van der Waals surface area contributed by atoms with Gasteiger partial charge in [0.25, 0.3) is 10.2 Å². The Morgan fingerprint density at radius 3 is 2.81 bits per heavy atom. The van der Waals surface area contributed by atoms with Gasteiger partial charge in [-0.3, -0.25) is 0 Å². The molecule has 0 amide bonds. The van der Waals surface area contributed by atoms with Crippen LogP contribution in [0.5, 0.6) is 0 Å². The maximum Gasteiger partial charge on any atom is 0.279 e. The van der Waals surface area contributed by atoms with Crippen LogP contribution in [0.1, 0.15) is 39.5 Å². The molecule has 0 aliphatic carbocycles. The molecule has 1 saturated heterocycles. The third-order valence-electron chi connectivity index (χ3n) is 2.78. The van der Waals surface area contributed by atoms with E-state index in [-0.39, 0.29) is 6.04 Å². The Labute approximate surface area is 98.0 Å². The molecule has 16 heavy (non-hydrogen) atoms. The van der Waals surface area contributed by atoms with Gasteiger partial charge in [-0.1, -0.05) is 6.92 Å². The zero-order valence-electron chi connectivity index (χ0n) is 10.0. The van der Waals surface area contributed by atoms with Crippen molar-refractivity contribution in [2.45, 2.75) is 51.7 Å². The Balaban J connectivity index is 2.63. The molecular formula is C10H22N2O3S. The first-order chi connectivity index (χ1) is 7.47. The fraction of sp³-hybridized carbons (Fsp3) is 1.00. The summed E-state index contributed by atoms with van der Waals surface area (Å²) in [6.45, 7) is 4.67. The van der Waals surface area contributed by atoms with Gasteiger partial charge < -0.3 is 5.11 Å². The van der Waals surface area contributed by atoms with Crippen molar-refractivity contribution in [3.63, 3.8) is 0 Å². The highest BCUT2D eigenvalue weighted by Gasteiger charge is 2.34. The lowest BCUT2D eigenvalue weighted by atomic mass is 10.1. The largest absolute Gasteiger partial charge is 0.393 e. The van der Waals surface area contributed by atoms with E-state index in [0.29, 0.717) is 19.5 Å². The molecule has 2 unspecified atom stereocenters. The van der Waals surface area contributed by atoms with Gasteiger partial charge in [0, 0.05) is 19.1 Å². The lowest BCUT2D eigenvalue weighted by Gasteiger charge is -2.25. The first kappa shape index (κ1) is 13.9. The highest BCUT2D eigenvalue weighted by Crippen LogP contribution is 2.23. The molecule has 5 nitrogen and oxygen atoms in total. The maximum atomic E-state index is 11.9. The number of hydrogen-bond donors (Lipinski definition) is 2. The quantitative estimate of drug-likeness (QED) is 0.720. The Kier molecular flexibility index (Phi) is 5.17. The SMILES string of the molecule is CCCNS(=O)(=O)N1CCCC1CC(C)O. The van der Waals surface area contributed by atoms with Gasteiger partial charge in [0.2, 0.25) is 0 Å². The van der Waals surface area contributed by atoms with Crippen molar-refractivity contribution >= 4 is 10.2 Å². The number of aliphatic hydroxyl groups excluding tert-OH is 1. The predicted molar refractivity (Wildman–Crippen MR) is 63.2 cm³/mol. The Morgan fingerprint density at radius 1 is 1.56 bits per heavy atom. The van der Waals surface area contributed by atoms with Crippen molar-refractivity contribution in [2.24, 2.45) is 0 Å². The summed E-state index contributed by atoms with van der Waals surface area (Å²) in [7, 11) is -3.34. The molecule has 1 heterocycles. The van der Waals surface area contributed by atoms with E-state index < -0.39 is 16.3 Å². The van der Waals surface area contributed by atoms with Gasteiger partial charge in [-0.25, -0.2) is 4.72 Å². The molecule has 1 aliphatic rings. The Bertz CT molecular complexity index is 303. The van der Waals surface area contributed by atoms with Gasteiger partial charge in [0.05, 0.1) is 6.10 Å². The van der Waals surface area contributed by atoms with E-state index >= 15 is 0 Å². The third kappa shape index (κ3) is 3.69. The first-order valence-electron chi connectivity index (χ1n) is 5.92. The highest BCUT2D eigenvalue weighted by atomic mass is 32.2. The summed E-state index contributed by atoms with van der Waals surface area (Å²) in [6.07, 6.45) is 2.58. The summed E-state index contributed by atoms with van der Waals surface area (Å²) >= 11 is 0. The lowest BCUT2D eigenvalue weighted by molar-refractivity contribution is 0.157. The lowest BCUT2D eigenvalue weighted by Crippen LogP contribution is -2.44. The number of hydrogen-bond acceptors (Lipinski definition) is 3. The molecule has 0 spiro atoms. The molecule has 2 N–H and O–H groups in total. The first-order valence-corrected chi connectivity index (χ1v) is 7.36. The van der Waals surface area contributed by atoms with E-state index in [9.17, 15) is 13.5 Å². The molecule has 1 aliphatic heterocycles. The van der Waals surface area contributed by atoms with E-state index in [1.165, 1.54) is 4.31 Å².